The van der Waals surface area contributed by atoms with Crippen LogP contribution >= 0.6 is 7.29 Å². The van der Waals surface area contributed by atoms with Crippen molar-refractivity contribution in [3.8, 4) is 0 Å². The normalized spacial score (nSPS) is 33.6. The molecule has 0 unspecified atom stereocenters. The molecule has 0 aromatic rings. The molecule has 0 radical (unpaired) electrons. The van der Waals surface area contributed by atoms with Crippen molar-refractivity contribution < 1.29 is 4.57 Å². The summed E-state index contributed by atoms with van der Waals surface area (Å²) in [6.45, 7) is 10.8. The van der Waals surface area contributed by atoms with E-state index in [4.69, 9.17) is 0 Å². The Balaban J connectivity index is 2.92. The molecule has 0 amide bonds. The molecule has 0 bridgehead atoms. The molecule has 2 nitrogen and oxygen atoms in total. The highest BCUT2D eigenvalue weighted by molar-refractivity contribution is 7.62. The maximum absolute atomic E-state index is 12.9. The van der Waals surface area contributed by atoms with E-state index in [-0.39, 0.29) is 0 Å². The van der Waals surface area contributed by atoms with Crippen LogP contribution in [0.15, 0.2) is 0 Å². The second kappa shape index (κ2) is 4.37. The van der Waals surface area contributed by atoms with Gasteiger partial charge in [-0.2, -0.15) is 0 Å². The highest BCUT2D eigenvalue weighted by Gasteiger charge is 2.42. The van der Waals surface area contributed by atoms with Crippen LogP contribution in [0.2, 0.25) is 0 Å². The third kappa shape index (κ3) is 2.06. The SMILES string of the molecule is CC(C)N(C(C)C)[P@@]1(=O)CCC[C@H]1C. The van der Waals surface area contributed by atoms with Gasteiger partial charge in [0.2, 0.25) is 0 Å². The van der Waals surface area contributed by atoms with Gasteiger partial charge in [0.25, 0.3) is 0 Å². The summed E-state index contributed by atoms with van der Waals surface area (Å²) in [5.74, 6) is 0. The van der Waals surface area contributed by atoms with E-state index in [1.807, 2.05) is 0 Å². The first-order chi connectivity index (χ1) is 6.39. The van der Waals surface area contributed by atoms with E-state index >= 15 is 0 Å². The Morgan fingerprint density at radius 1 is 1.21 bits per heavy atom. The van der Waals surface area contributed by atoms with Crippen molar-refractivity contribution in [2.45, 2.75) is 65.2 Å². The van der Waals surface area contributed by atoms with Crippen LogP contribution < -0.4 is 0 Å². The average molecular weight is 217 g/mol. The average Bonchev–Trinajstić information content (AvgIpc) is 2.30. The Morgan fingerprint density at radius 3 is 2.00 bits per heavy atom. The highest BCUT2D eigenvalue weighted by atomic mass is 31.2. The molecule has 0 aromatic carbocycles. The van der Waals surface area contributed by atoms with Gasteiger partial charge in [-0.05, 0) is 40.5 Å². The lowest BCUT2D eigenvalue weighted by Gasteiger charge is -2.38. The molecule has 2 atom stereocenters. The van der Waals surface area contributed by atoms with Crippen LogP contribution in [0.4, 0.5) is 0 Å². The number of rotatable bonds is 3. The molecular formula is C11H24NOP. The fourth-order valence-corrected chi connectivity index (χ4v) is 6.67. The third-order valence-corrected chi connectivity index (χ3v) is 7.54. The second-order valence-electron chi connectivity index (χ2n) is 5.04. The van der Waals surface area contributed by atoms with E-state index in [1.54, 1.807) is 0 Å². The molecule has 0 aliphatic carbocycles. The predicted octanol–water partition coefficient (Wildman–Crippen LogP) is 3.57. The van der Waals surface area contributed by atoms with Crippen molar-refractivity contribution in [3.05, 3.63) is 0 Å². The van der Waals surface area contributed by atoms with Crippen LogP contribution in [-0.4, -0.2) is 28.6 Å². The van der Waals surface area contributed by atoms with Crippen LogP contribution in [0, 0.1) is 0 Å². The molecule has 0 spiro atoms. The van der Waals surface area contributed by atoms with Crippen molar-refractivity contribution in [3.63, 3.8) is 0 Å². The second-order valence-corrected chi connectivity index (χ2v) is 8.34. The van der Waals surface area contributed by atoms with E-state index in [0.29, 0.717) is 17.7 Å². The van der Waals surface area contributed by atoms with Crippen molar-refractivity contribution in [2.75, 3.05) is 6.16 Å². The lowest BCUT2D eigenvalue weighted by molar-refractivity contribution is 0.298. The first kappa shape index (κ1) is 12.3. The molecule has 84 valence electrons. The van der Waals surface area contributed by atoms with Crippen LogP contribution in [0.25, 0.3) is 0 Å². The molecule has 1 rings (SSSR count). The monoisotopic (exact) mass is 217 g/mol. The van der Waals surface area contributed by atoms with Crippen molar-refractivity contribution in [2.24, 2.45) is 0 Å². The standard InChI is InChI=1S/C11H24NOP/c1-9(2)12(10(3)4)14(13)8-6-7-11(14)5/h9-11H,6-8H2,1-5H3/t11-,14-/m1/s1. The predicted molar refractivity (Wildman–Crippen MR) is 63.3 cm³/mol. The molecule has 1 aliphatic rings. The summed E-state index contributed by atoms with van der Waals surface area (Å²) in [5.41, 5.74) is 0.410. The number of hydrogen-bond acceptors (Lipinski definition) is 1. The number of nitrogens with zero attached hydrogens (tertiary/aromatic N) is 1. The van der Waals surface area contributed by atoms with Gasteiger partial charge in [0.15, 0.2) is 7.29 Å². The molecule has 3 heteroatoms. The summed E-state index contributed by atoms with van der Waals surface area (Å²) >= 11 is 0. The van der Waals surface area contributed by atoms with Gasteiger partial charge in [-0.25, -0.2) is 4.67 Å². The van der Waals surface area contributed by atoms with Crippen molar-refractivity contribution in [1.29, 1.82) is 0 Å². The fraction of sp³-hybridized carbons (Fsp3) is 1.00. The zero-order valence-electron chi connectivity index (χ0n) is 10.2. The maximum atomic E-state index is 12.9. The van der Waals surface area contributed by atoms with E-state index < -0.39 is 7.29 Å². The van der Waals surface area contributed by atoms with E-state index in [0.717, 1.165) is 19.0 Å². The topological polar surface area (TPSA) is 20.3 Å². The molecule has 1 aliphatic heterocycles. The molecule has 0 aromatic heterocycles. The minimum Gasteiger partial charge on any atom is -0.306 e. The van der Waals surface area contributed by atoms with Crippen LogP contribution in [0.5, 0.6) is 0 Å². The van der Waals surface area contributed by atoms with Gasteiger partial charge in [-0.15, -0.1) is 0 Å². The lowest BCUT2D eigenvalue weighted by Crippen LogP contribution is -2.36. The zero-order chi connectivity index (χ0) is 10.9. The van der Waals surface area contributed by atoms with E-state index in [9.17, 15) is 4.57 Å². The third-order valence-electron chi connectivity index (χ3n) is 3.24. The van der Waals surface area contributed by atoms with Crippen LogP contribution in [0.1, 0.15) is 47.5 Å². The van der Waals surface area contributed by atoms with E-state index in [2.05, 4.69) is 39.3 Å². The van der Waals surface area contributed by atoms with Gasteiger partial charge in [-0.3, -0.25) is 0 Å². The highest BCUT2D eigenvalue weighted by Crippen LogP contribution is 2.62. The Hall–Kier alpha value is 0.190. The number of hydrogen-bond donors (Lipinski definition) is 0. The van der Waals surface area contributed by atoms with Gasteiger partial charge in [0.1, 0.15) is 0 Å². The minimum atomic E-state index is -2.05. The Morgan fingerprint density at radius 2 is 1.71 bits per heavy atom. The molecule has 1 saturated heterocycles. The minimum absolute atomic E-state index is 0.404. The molecule has 14 heavy (non-hydrogen) atoms. The maximum Gasteiger partial charge on any atom is 0.153 e. The van der Waals surface area contributed by atoms with Crippen LogP contribution in [0.3, 0.4) is 0 Å². The summed E-state index contributed by atoms with van der Waals surface area (Å²) in [5, 5.41) is 0. The fourth-order valence-electron chi connectivity index (χ4n) is 2.76. The Kier molecular flexibility index (Phi) is 3.82. The summed E-state index contributed by atoms with van der Waals surface area (Å²) in [6, 6.07) is 0.808. The summed E-state index contributed by atoms with van der Waals surface area (Å²) in [7, 11) is -2.05. The molecular weight excluding hydrogens is 193 g/mol. The summed E-state index contributed by atoms with van der Waals surface area (Å²) in [4.78, 5) is 0. The summed E-state index contributed by atoms with van der Waals surface area (Å²) in [6.07, 6.45) is 3.23. The van der Waals surface area contributed by atoms with Crippen molar-refractivity contribution >= 4 is 7.29 Å². The summed E-state index contributed by atoms with van der Waals surface area (Å²) < 4.78 is 15.1. The van der Waals surface area contributed by atoms with Crippen molar-refractivity contribution in [1.82, 2.24) is 4.67 Å². The van der Waals surface area contributed by atoms with Gasteiger partial charge in [0.05, 0.1) is 0 Å². The lowest BCUT2D eigenvalue weighted by atomic mass is 10.3. The van der Waals surface area contributed by atoms with Gasteiger partial charge >= 0.3 is 0 Å². The molecule has 0 saturated carbocycles. The van der Waals surface area contributed by atoms with Gasteiger partial charge in [-0.1, -0.05) is 6.92 Å². The Bertz CT molecular complexity index is 229. The first-order valence-electron chi connectivity index (χ1n) is 5.77. The zero-order valence-corrected chi connectivity index (χ0v) is 11.1. The van der Waals surface area contributed by atoms with Gasteiger partial charge < -0.3 is 4.57 Å². The molecule has 1 fully saturated rings. The first-order valence-corrected chi connectivity index (χ1v) is 7.68. The van der Waals surface area contributed by atoms with Crippen LogP contribution in [-0.2, 0) is 4.57 Å². The molecule has 0 N–H and O–H groups in total. The Labute approximate surface area is 88.5 Å². The quantitative estimate of drug-likeness (QED) is 0.674. The molecule has 1 heterocycles. The van der Waals surface area contributed by atoms with E-state index in [1.165, 1.54) is 0 Å². The van der Waals surface area contributed by atoms with Gasteiger partial charge in [0, 0.05) is 23.9 Å². The smallest absolute Gasteiger partial charge is 0.153 e. The largest absolute Gasteiger partial charge is 0.306 e.